The molecule has 76 valence electrons. The zero-order valence-corrected chi connectivity index (χ0v) is 7.73. The van der Waals surface area contributed by atoms with Gasteiger partial charge in [-0.2, -0.15) is 13.2 Å². The first-order valence-electron chi connectivity index (χ1n) is 3.69. The molecule has 0 atom stereocenters. The zero-order chi connectivity index (χ0) is 10.8. The Morgan fingerprint density at radius 1 is 1.21 bits per heavy atom. The van der Waals surface area contributed by atoms with Gasteiger partial charge >= 0.3 is 6.18 Å². The summed E-state index contributed by atoms with van der Waals surface area (Å²) in [5, 5.41) is -1.15. The van der Waals surface area contributed by atoms with Crippen molar-refractivity contribution in [3.63, 3.8) is 0 Å². The Balaban J connectivity index is 2.93. The third-order valence-corrected chi connectivity index (χ3v) is 1.82. The molecule has 0 saturated heterocycles. The lowest BCUT2D eigenvalue weighted by atomic mass is 10.2. The maximum Gasteiger partial charge on any atom is 0.426 e. The standard InChI is InChI=1S/C9H7ClF3N/c10-8(9(11,12)13)5-6-1-3-7(14)4-2-6/h1-5H,14H2/b8-5+. The third kappa shape index (κ3) is 2.96. The fourth-order valence-electron chi connectivity index (χ4n) is 0.820. The van der Waals surface area contributed by atoms with E-state index in [0.29, 0.717) is 11.3 Å². The van der Waals surface area contributed by atoms with Gasteiger partial charge < -0.3 is 5.73 Å². The second-order valence-electron chi connectivity index (χ2n) is 2.66. The first-order chi connectivity index (χ1) is 6.39. The number of rotatable bonds is 1. The number of nitrogen functional groups attached to an aromatic ring is 1. The first-order valence-corrected chi connectivity index (χ1v) is 4.07. The zero-order valence-electron chi connectivity index (χ0n) is 6.98. The number of hydrogen-bond donors (Lipinski definition) is 1. The second-order valence-corrected chi connectivity index (χ2v) is 3.06. The predicted molar refractivity (Wildman–Crippen MR) is 50.7 cm³/mol. The summed E-state index contributed by atoms with van der Waals surface area (Å²) < 4.78 is 36.0. The van der Waals surface area contributed by atoms with Gasteiger partial charge in [0.1, 0.15) is 5.03 Å². The molecule has 0 radical (unpaired) electrons. The predicted octanol–water partition coefficient (Wildman–Crippen LogP) is 3.41. The van der Waals surface area contributed by atoms with Crippen LogP contribution in [0.25, 0.3) is 6.08 Å². The molecular weight excluding hydrogens is 215 g/mol. The molecule has 0 unspecified atom stereocenters. The Morgan fingerprint density at radius 3 is 2.14 bits per heavy atom. The van der Waals surface area contributed by atoms with Gasteiger partial charge in [-0.1, -0.05) is 23.7 Å². The van der Waals surface area contributed by atoms with Crippen LogP contribution < -0.4 is 5.73 Å². The van der Waals surface area contributed by atoms with Crippen molar-refractivity contribution in [3.8, 4) is 0 Å². The van der Waals surface area contributed by atoms with Gasteiger partial charge in [-0.15, -0.1) is 0 Å². The molecule has 1 nitrogen and oxygen atoms in total. The smallest absolute Gasteiger partial charge is 0.399 e. The average molecular weight is 222 g/mol. The van der Waals surface area contributed by atoms with Crippen molar-refractivity contribution >= 4 is 23.4 Å². The minimum Gasteiger partial charge on any atom is -0.399 e. The molecule has 1 rings (SSSR count). The summed E-state index contributed by atoms with van der Waals surface area (Å²) in [5.41, 5.74) is 6.22. The summed E-state index contributed by atoms with van der Waals surface area (Å²) in [4.78, 5) is 0. The summed E-state index contributed by atoms with van der Waals surface area (Å²) in [6.07, 6.45) is -3.65. The van der Waals surface area contributed by atoms with E-state index in [0.717, 1.165) is 6.08 Å². The summed E-state index contributed by atoms with van der Waals surface area (Å²) in [7, 11) is 0. The summed E-state index contributed by atoms with van der Waals surface area (Å²) in [6.45, 7) is 0. The number of anilines is 1. The molecule has 0 bridgehead atoms. The first kappa shape index (κ1) is 10.9. The van der Waals surface area contributed by atoms with E-state index in [4.69, 9.17) is 17.3 Å². The Hall–Kier alpha value is -1.16. The van der Waals surface area contributed by atoms with E-state index in [2.05, 4.69) is 0 Å². The quantitative estimate of drug-likeness (QED) is 0.723. The van der Waals surface area contributed by atoms with Crippen molar-refractivity contribution in [2.24, 2.45) is 0 Å². The van der Waals surface area contributed by atoms with E-state index in [1.54, 1.807) is 0 Å². The van der Waals surface area contributed by atoms with E-state index in [-0.39, 0.29) is 0 Å². The van der Waals surface area contributed by atoms with Gasteiger partial charge in [0.15, 0.2) is 0 Å². The molecule has 0 heterocycles. The van der Waals surface area contributed by atoms with E-state index in [1.807, 2.05) is 0 Å². The Kier molecular flexibility index (Phi) is 3.06. The monoisotopic (exact) mass is 221 g/mol. The molecular formula is C9H7ClF3N. The van der Waals surface area contributed by atoms with E-state index in [1.165, 1.54) is 24.3 Å². The molecule has 2 N–H and O–H groups in total. The highest BCUT2D eigenvalue weighted by molar-refractivity contribution is 6.32. The van der Waals surface area contributed by atoms with Crippen molar-refractivity contribution in [2.75, 3.05) is 5.73 Å². The number of benzene rings is 1. The highest BCUT2D eigenvalue weighted by Gasteiger charge is 2.32. The van der Waals surface area contributed by atoms with Gasteiger partial charge in [0.25, 0.3) is 0 Å². The van der Waals surface area contributed by atoms with Gasteiger partial charge in [0.2, 0.25) is 0 Å². The number of alkyl halides is 3. The number of hydrogen-bond acceptors (Lipinski definition) is 1. The molecule has 0 aliphatic rings. The molecule has 0 aromatic heterocycles. The maximum absolute atomic E-state index is 12.0. The van der Waals surface area contributed by atoms with Gasteiger partial charge in [-0.05, 0) is 23.8 Å². The fourth-order valence-corrected chi connectivity index (χ4v) is 0.946. The van der Waals surface area contributed by atoms with Gasteiger partial charge in [-0.3, -0.25) is 0 Å². The van der Waals surface area contributed by atoms with E-state index >= 15 is 0 Å². The van der Waals surface area contributed by atoms with Crippen LogP contribution in [0.15, 0.2) is 29.3 Å². The molecule has 1 aromatic rings. The van der Waals surface area contributed by atoms with Crippen molar-refractivity contribution < 1.29 is 13.2 Å². The fraction of sp³-hybridized carbons (Fsp3) is 0.111. The van der Waals surface area contributed by atoms with Crippen LogP contribution >= 0.6 is 11.6 Å². The summed E-state index contributed by atoms with van der Waals surface area (Å²) in [6, 6.07) is 5.94. The molecule has 1 aromatic carbocycles. The van der Waals surface area contributed by atoms with Crippen LogP contribution in [0.4, 0.5) is 18.9 Å². The Labute approximate surface area is 84.0 Å². The van der Waals surface area contributed by atoms with Gasteiger partial charge in [-0.25, -0.2) is 0 Å². The SMILES string of the molecule is Nc1ccc(/C=C(/Cl)C(F)(F)F)cc1. The molecule has 0 fully saturated rings. The van der Waals surface area contributed by atoms with Crippen molar-refractivity contribution in [1.29, 1.82) is 0 Å². The van der Waals surface area contributed by atoms with Gasteiger partial charge in [0, 0.05) is 5.69 Å². The van der Waals surface area contributed by atoms with Crippen molar-refractivity contribution in [3.05, 3.63) is 34.9 Å². The van der Waals surface area contributed by atoms with Gasteiger partial charge in [0.05, 0.1) is 0 Å². The van der Waals surface area contributed by atoms with Crippen molar-refractivity contribution in [1.82, 2.24) is 0 Å². The molecule has 14 heavy (non-hydrogen) atoms. The number of allylic oxidation sites excluding steroid dienone is 1. The van der Waals surface area contributed by atoms with Crippen LogP contribution in [-0.4, -0.2) is 6.18 Å². The minimum absolute atomic E-state index is 0.363. The maximum atomic E-state index is 12.0. The molecule has 0 aliphatic carbocycles. The lowest BCUT2D eigenvalue weighted by molar-refractivity contribution is -0.0836. The topological polar surface area (TPSA) is 26.0 Å². The van der Waals surface area contributed by atoms with E-state index in [9.17, 15) is 13.2 Å². The Bertz CT molecular complexity index is 340. The minimum atomic E-state index is -4.50. The highest BCUT2D eigenvalue weighted by Crippen LogP contribution is 2.30. The number of halogens is 4. The summed E-state index contributed by atoms with van der Waals surface area (Å²) >= 11 is 5.04. The normalized spacial score (nSPS) is 13.0. The van der Waals surface area contributed by atoms with E-state index < -0.39 is 11.2 Å². The molecule has 5 heteroatoms. The van der Waals surface area contributed by atoms with Crippen LogP contribution in [0.3, 0.4) is 0 Å². The highest BCUT2D eigenvalue weighted by atomic mass is 35.5. The Morgan fingerprint density at radius 2 is 1.71 bits per heavy atom. The second kappa shape index (κ2) is 3.92. The van der Waals surface area contributed by atoms with Crippen molar-refractivity contribution in [2.45, 2.75) is 6.18 Å². The van der Waals surface area contributed by atoms with Crippen LogP contribution in [0.1, 0.15) is 5.56 Å². The molecule has 0 saturated carbocycles. The largest absolute Gasteiger partial charge is 0.426 e. The summed E-state index contributed by atoms with van der Waals surface area (Å²) in [5.74, 6) is 0. The van der Waals surface area contributed by atoms with Crippen LogP contribution in [0, 0.1) is 0 Å². The van der Waals surface area contributed by atoms with Crippen LogP contribution in [0.2, 0.25) is 0 Å². The lowest BCUT2D eigenvalue weighted by Gasteiger charge is -2.03. The molecule has 0 spiro atoms. The molecule has 0 amide bonds. The average Bonchev–Trinajstić information content (AvgIpc) is 2.07. The lowest BCUT2D eigenvalue weighted by Crippen LogP contribution is -2.06. The number of nitrogens with two attached hydrogens (primary N) is 1. The third-order valence-electron chi connectivity index (χ3n) is 1.50. The van der Waals surface area contributed by atoms with Crippen LogP contribution in [-0.2, 0) is 0 Å². The molecule has 0 aliphatic heterocycles. The van der Waals surface area contributed by atoms with Crippen LogP contribution in [0.5, 0.6) is 0 Å².